The van der Waals surface area contributed by atoms with Gasteiger partial charge in [0, 0.05) is 11.6 Å². The van der Waals surface area contributed by atoms with Gasteiger partial charge in [-0.05, 0) is 38.5 Å². The summed E-state index contributed by atoms with van der Waals surface area (Å²) in [6.07, 6.45) is 1.31. The highest BCUT2D eigenvalue weighted by atomic mass is 35.5. The molecule has 12 heteroatoms. The number of carbonyl (C=O) groups excluding carboxylic acids is 1. The molecule has 1 amide bonds. The zero-order chi connectivity index (χ0) is 25.7. The maximum absolute atomic E-state index is 13.0. The molecular weight excluding hydrogens is 488 g/mol. The van der Waals surface area contributed by atoms with E-state index in [-0.39, 0.29) is 38.0 Å². The molecule has 2 saturated heterocycles. The smallest absolute Gasteiger partial charge is 0.410 e. The Morgan fingerprint density at radius 2 is 2.03 bits per heavy atom. The van der Waals surface area contributed by atoms with Gasteiger partial charge in [0.05, 0.1) is 38.1 Å². The quantitative estimate of drug-likeness (QED) is 0.524. The van der Waals surface area contributed by atoms with Crippen molar-refractivity contribution in [3.63, 3.8) is 0 Å². The standard InChI is InChI=1S/C24H29ClN6O5/c1-23(2,3)36-22(33)30-8-16-18(34-9-14-4-6-15(25)7-5-14)24(10-30,11-32)35-21(16)31-13-29-17-19(26)27-12-28-20(17)31/h4-7,12-13,16,18,21,32H,8-11H2,1-3H3,(H2,26,27,28)/t16-,18+,21-,24-/m1/s1. The molecule has 3 aromatic rings. The third kappa shape index (κ3) is 4.47. The Hall–Kier alpha value is -2.99. The van der Waals surface area contributed by atoms with Crippen molar-refractivity contribution in [2.45, 2.75) is 50.9 Å². The van der Waals surface area contributed by atoms with Crippen LogP contribution >= 0.6 is 11.6 Å². The lowest BCUT2D eigenvalue weighted by Gasteiger charge is -2.43. The summed E-state index contributed by atoms with van der Waals surface area (Å²) in [6.45, 7) is 5.73. The predicted molar refractivity (Wildman–Crippen MR) is 131 cm³/mol. The van der Waals surface area contributed by atoms with E-state index in [0.29, 0.717) is 16.2 Å². The zero-order valence-corrected chi connectivity index (χ0v) is 21.1. The van der Waals surface area contributed by atoms with Gasteiger partial charge in [0.2, 0.25) is 0 Å². The third-order valence-electron chi connectivity index (χ3n) is 6.44. The van der Waals surface area contributed by atoms with Crippen LogP contribution in [0.15, 0.2) is 36.9 Å². The Labute approximate surface area is 213 Å². The topological polar surface area (TPSA) is 138 Å². The number of halogens is 1. The SMILES string of the molecule is CC(C)(C)OC(=O)N1C[C@H]2[C@H](n3cnc4c(N)ncnc43)O[C@@](CO)(C1)[C@H]2OCc1ccc(Cl)cc1. The molecule has 0 aliphatic carbocycles. The van der Waals surface area contributed by atoms with E-state index in [4.69, 9.17) is 31.5 Å². The Bertz CT molecular complexity index is 1260. The second kappa shape index (κ2) is 9.15. The normalized spacial score (nSPS) is 25.9. The van der Waals surface area contributed by atoms with Gasteiger partial charge in [0.1, 0.15) is 29.3 Å². The number of nitrogens with zero attached hydrogens (tertiary/aromatic N) is 5. The zero-order valence-electron chi connectivity index (χ0n) is 20.3. The minimum Gasteiger partial charge on any atom is -0.444 e. The van der Waals surface area contributed by atoms with Gasteiger partial charge in [-0.15, -0.1) is 0 Å². The number of nitrogen functional groups attached to an aromatic ring is 1. The summed E-state index contributed by atoms with van der Waals surface area (Å²) in [4.78, 5) is 27.3. The molecule has 2 aromatic heterocycles. The molecule has 11 nitrogen and oxygen atoms in total. The van der Waals surface area contributed by atoms with Crippen molar-refractivity contribution in [1.82, 2.24) is 24.4 Å². The van der Waals surface area contributed by atoms with Gasteiger partial charge in [0.15, 0.2) is 11.5 Å². The molecule has 2 fully saturated rings. The number of likely N-dealkylation sites (tertiary alicyclic amines) is 1. The van der Waals surface area contributed by atoms with Gasteiger partial charge >= 0.3 is 6.09 Å². The number of fused-ring (bicyclic) bond motifs is 3. The fourth-order valence-electron chi connectivity index (χ4n) is 4.89. The maximum Gasteiger partial charge on any atom is 0.410 e. The number of nitrogens with two attached hydrogens (primary N) is 1. The summed E-state index contributed by atoms with van der Waals surface area (Å²) < 4.78 is 20.3. The summed E-state index contributed by atoms with van der Waals surface area (Å²) in [6, 6.07) is 7.35. The molecule has 1 aromatic carbocycles. The van der Waals surface area contributed by atoms with E-state index < -0.39 is 29.6 Å². The number of amides is 1. The Kier molecular flexibility index (Phi) is 6.27. The highest BCUT2D eigenvalue weighted by molar-refractivity contribution is 6.30. The molecule has 0 saturated carbocycles. The van der Waals surface area contributed by atoms with Crippen molar-refractivity contribution >= 4 is 34.7 Å². The number of hydrogen-bond acceptors (Lipinski definition) is 9. The molecule has 192 valence electrons. The molecule has 4 heterocycles. The van der Waals surface area contributed by atoms with E-state index >= 15 is 0 Å². The third-order valence-corrected chi connectivity index (χ3v) is 6.69. The Morgan fingerprint density at radius 3 is 2.72 bits per heavy atom. The lowest BCUT2D eigenvalue weighted by Crippen LogP contribution is -2.61. The molecule has 2 bridgehead atoms. The van der Waals surface area contributed by atoms with E-state index in [0.717, 1.165) is 5.56 Å². The number of ether oxygens (including phenoxy) is 3. The first kappa shape index (κ1) is 24.7. The Balaban J connectivity index is 1.49. The van der Waals surface area contributed by atoms with Crippen molar-refractivity contribution in [3.05, 3.63) is 47.5 Å². The molecule has 0 unspecified atom stereocenters. The van der Waals surface area contributed by atoms with Crippen LogP contribution in [0.3, 0.4) is 0 Å². The number of benzene rings is 1. The molecule has 2 aliphatic heterocycles. The van der Waals surface area contributed by atoms with E-state index in [1.807, 2.05) is 32.9 Å². The van der Waals surface area contributed by atoms with Crippen molar-refractivity contribution in [2.24, 2.45) is 5.92 Å². The Morgan fingerprint density at radius 1 is 1.28 bits per heavy atom. The molecule has 5 rings (SSSR count). The number of hydrogen-bond donors (Lipinski definition) is 2. The predicted octanol–water partition coefficient (Wildman–Crippen LogP) is 2.77. The first-order valence-electron chi connectivity index (χ1n) is 11.7. The monoisotopic (exact) mass is 516 g/mol. The molecule has 3 N–H and O–H groups in total. The van der Waals surface area contributed by atoms with E-state index in [1.54, 1.807) is 27.9 Å². The lowest BCUT2D eigenvalue weighted by molar-refractivity contribution is -0.156. The number of aliphatic hydroxyl groups is 1. The number of rotatable bonds is 5. The number of carbonyl (C=O) groups is 1. The number of imidazole rings is 1. The summed E-state index contributed by atoms with van der Waals surface area (Å²) in [7, 11) is 0. The highest BCUT2D eigenvalue weighted by Gasteiger charge is 2.61. The van der Waals surface area contributed by atoms with Crippen LogP contribution in [0.1, 0.15) is 32.6 Å². The number of piperidine rings is 1. The molecular formula is C24H29ClN6O5. The molecule has 4 atom stereocenters. The van der Waals surface area contributed by atoms with Gasteiger partial charge in [-0.3, -0.25) is 4.57 Å². The average molecular weight is 517 g/mol. The van der Waals surface area contributed by atoms with Gasteiger partial charge < -0.3 is 30.0 Å². The molecule has 0 radical (unpaired) electrons. The minimum absolute atomic E-state index is 0.0977. The first-order chi connectivity index (χ1) is 17.1. The van der Waals surface area contributed by atoms with Crippen molar-refractivity contribution < 1.29 is 24.1 Å². The van der Waals surface area contributed by atoms with Crippen LogP contribution < -0.4 is 5.73 Å². The van der Waals surface area contributed by atoms with Crippen molar-refractivity contribution in [3.8, 4) is 0 Å². The number of aliphatic hydroxyl groups excluding tert-OH is 1. The second-order valence-electron chi connectivity index (χ2n) is 10.2. The van der Waals surface area contributed by atoms with Crippen LogP contribution in [-0.4, -0.2) is 72.6 Å². The van der Waals surface area contributed by atoms with Crippen LogP contribution in [-0.2, 0) is 20.8 Å². The van der Waals surface area contributed by atoms with Gasteiger partial charge in [-0.2, -0.15) is 0 Å². The molecule has 2 aliphatic rings. The number of anilines is 1. The van der Waals surface area contributed by atoms with E-state index in [9.17, 15) is 9.90 Å². The summed E-state index contributed by atoms with van der Waals surface area (Å²) in [5.41, 5.74) is 6.00. The average Bonchev–Trinajstić information content (AvgIpc) is 3.33. The van der Waals surface area contributed by atoms with Crippen LogP contribution in [0, 0.1) is 5.92 Å². The highest BCUT2D eigenvalue weighted by Crippen LogP contribution is 2.48. The first-order valence-corrected chi connectivity index (χ1v) is 12.0. The summed E-state index contributed by atoms with van der Waals surface area (Å²) >= 11 is 6.02. The van der Waals surface area contributed by atoms with Crippen LogP contribution in [0.4, 0.5) is 10.6 Å². The minimum atomic E-state index is -1.19. The van der Waals surface area contributed by atoms with E-state index in [2.05, 4.69) is 15.0 Å². The fourth-order valence-corrected chi connectivity index (χ4v) is 5.02. The second-order valence-corrected chi connectivity index (χ2v) is 10.6. The fraction of sp³-hybridized carbons (Fsp3) is 0.500. The lowest BCUT2D eigenvalue weighted by atomic mass is 9.85. The molecule has 36 heavy (non-hydrogen) atoms. The van der Waals surface area contributed by atoms with E-state index in [1.165, 1.54) is 6.33 Å². The van der Waals surface area contributed by atoms with Crippen LogP contribution in [0.25, 0.3) is 11.2 Å². The summed E-state index contributed by atoms with van der Waals surface area (Å²) in [5, 5.41) is 11.2. The van der Waals surface area contributed by atoms with Gasteiger partial charge in [-0.1, -0.05) is 23.7 Å². The van der Waals surface area contributed by atoms with Crippen molar-refractivity contribution in [1.29, 1.82) is 0 Å². The number of aromatic nitrogens is 4. The van der Waals surface area contributed by atoms with Gasteiger partial charge in [-0.25, -0.2) is 19.7 Å². The largest absolute Gasteiger partial charge is 0.444 e. The van der Waals surface area contributed by atoms with Crippen LogP contribution in [0.2, 0.25) is 5.02 Å². The summed E-state index contributed by atoms with van der Waals surface area (Å²) in [5.74, 6) is -0.109. The maximum atomic E-state index is 13.0. The molecule has 0 spiro atoms. The van der Waals surface area contributed by atoms with Crippen LogP contribution in [0.5, 0.6) is 0 Å². The van der Waals surface area contributed by atoms with Crippen molar-refractivity contribution in [2.75, 3.05) is 25.4 Å². The van der Waals surface area contributed by atoms with Gasteiger partial charge in [0.25, 0.3) is 0 Å².